The Morgan fingerprint density at radius 3 is 2.76 bits per heavy atom. The van der Waals surface area contributed by atoms with Crippen LogP contribution < -0.4 is 5.32 Å². The highest BCUT2D eigenvalue weighted by atomic mass is 35.5. The van der Waals surface area contributed by atoms with Gasteiger partial charge in [-0.2, -0.15) is 0 Å². The molecule has 1 N–H and O–H groups in total. The molecule has 1 heterocycles. The van der Waals surface area contributed by atoms with E-state index in [0.29, 0.717) is 17.4 Å². The van der Waals surface area contributed by atoms with E-state index >= 15 is 0 Å². The van der Waals surface area contributed by atoms with Crippen molar-refractivity contribution in [1.82, 2.24) is 9.97 Å². The second-order valence-corrected chi connectivity index (χ2v) is 5.72. The maximum atomic E-state index is 13.1. The lowest BCUT2D eigenvalue weighted by atomic mass is 10.1. The zero-order valence-electron chi connectivity index (χ0n) is 11.9. The summed E-state index contributed by atoms with van der Waals surface area (Å²) in [5, 5.41) is 3.65. The molecule has 0 unspecified atom stereocenters. The molecule has 0 amide bonds. The van der Waals surface area contributed by atoms with Crippen LogP contribution in [0.15, 0.2) is 24.3 Å². The molecule has 2 aromatic rings. The van der Waals surface area contributed by atoms with Crippen LogP contribution in [0.4, 0.5) is 10.2 Å². The Bertz CT molecular complexity index is 656. The molecule has 0 saturated heterocycles. The van der Waals surface area contributed by atoms with E-state index in [1.807, 2.05) is 13.0 Å². The number of rotatable bonds is 5. The summed E-state index contributed by atoms with van der Waals surface area (Å²) >= 11 is 6.08. The lowest BCUT2D eigenvalue weighted by Crippen LogP contribution is -2.06. The summed E-state index contributed by atoms with van der Waals surface area (Å²) in [5.41, 5.74) is 1.93. The number of halogens is 2. The first kappa shape index (κ1) is 14.3. The summed E-state index contributed by atoms with van der Waals surface area (Å²) in [5.74, 6) is 1.81. The molecule has 1 saturated carbocycles. The number of anilines is 1. The van der Waals surface area contributed by atoms with Crippen LogP contribution in [-0.2, 0) is 6.42 Å². The second-order valence-electron chi connectivity index (χ2n) is 5.31. The molecule has 5 heteroatoms. The van der Waals surface area contributed by atoms with Crippen molar-refractivity contribution in [2.45, 2.75) is 32.1 Å². The molecule has 3 nitrogen and oxygen atoms in total. The molecular weight excluding hydrogens is 289 g/mol. The number of hydrogen-bond donors (Lipinski definition) is 1. The van der Waals surface area contributed by atoms with Crippen molar-refractivity contribution in [2.24, 2.45) is 0 Å². The smallest absolute Gasteiger partial charge is 0.135 e. The largest absolute Gasteiger partial charge is 0.370 e. The number of nitrogens with zero attached hydrogens (tertiary/aromatic N) is 2. The molecule has 0 spiro atoms. The van der Waals surface area contributed by atoms with Gasteiger partial charge in [0.05, 0.1) is 0 Å². The predicted molar refractivity (Wildman–Crippen MR) is 82.4 cm³/mol. The minimum absolute atomic E-state index is 0.329. The van der Waals surface area contributed by atoms with Crippen molar-refractivity contribution < 1.29 is 4.39 Å². The van der Waals surface area contributed by atoms with Gasteiger partial charge in [-0.3, -0.25) is 0 Å². The van der Waals surface area contributed by atoms with Gasteiger partial charge in [0, 0.05) is 35.7 Å². The summed E-state index contributed by atoms with van der Waals surface area (Å²) in [7, 11) is 0. The Morgan fingerprint density at radius 1 is 1.29 bits per heavy atom. The minimum atomic E-state index is -0.329. The molecule has 1 aliphatic rings. The molecule has 1 aromatic carbocycles. The average Bonchev–Trinajstić information content (AvgIpc) is 3.27. The molecule has 1 fully saturated rings. The molecule has 21 heavy (non-hydrogen) atoms. The third-order valence-electron chi connectivity index (χ3n) is 3.51. The Morgan fingerprint density at radius 2 is 2.10 bits per heavy atom. The topological polar surface area (TPSA) is 37.8 Å². The fourth-order valence-electron chi connectivity index (χ4n) is 2.29. The van der Waals surface area contributed by atoms with Crippen LogP contribution in [0.2, 0.25) is 5.02 Å². The van der Waals surface area contributed by atoms with Crippen LogP contribution in [0.25, 0.3) is 0 Å². The van der Waals surface area contributed by atoms with E-state index in [1.54, 1.807) is 6.07 Å². The molecule has 0 bridgehead atoms. The van der Waals surface area contributed by atoms with Gasteiger partial charge in [0.1, 0.15) is 17.5 Å². The molecule has 3 rings (SSSR count). The molecule has 0 atom stereocenters. The van der Waals surface area contributed by atoms with E-state index in [1.165, 1.54) is 25.0 Å². The molecule has 0 radical (unpaired) electrons. The van der Waals surface area contributed by atoms with Crippen molar-refractivity contribution in [1.29, 1.82) is 0 Å². The Balaban J connectivity index is 1.89. The number of benzene rings is 1. The van der Waals surface area contributed by atoms with Gasteiger partial charge in [-0.25, -0.2) is 14.4 Å². The van der Waals surface area contributed by atoms with Crippen LogP contribution in [0.1, 0.15) is 42.8 Å². The summed E-state index contributed by atoms with van der Waals surface area (Å²) in [6, 6.07) is 6.46. The number of hydrogen-bond acceptors (Lipinski definition) is 3. The van der Waals surface area contributed by atoms with Gasteiger partial charge in [0.15, 0.2) is 0 Å². The van der Waals surface area contributed by atoms with Gasteiger partial charge in [-0.1, -0.05) is 17.7 Å². The molecule has 0 aliphatic heterocycles. The van der Waals surface area contributed by atoms with Gasteiger partial charge >= 0.3 is 0 Å². The summed E-state index contributed by atoms with van der Waals surface area (Å²) < 4.78 is 13.1. The highest BCUT2D eigenvalue weighted by Gasteiger charge is 2.26. The third-order valence-corrected chi connectivity index (χ3v) is 3.86. The van der Waals surface area contributed by atoms with Gasteiger partial charge in [-0.15, -0.1) is 0 Å². The zero-order chi connectivity index (χ0) is 14.8. The second kappa shape index (κ2) is 5.98. The van der Waals surface area contributed by atoms with Crippen molar-refractivity contribution in [3.8, 4) is 0 Å². The Hall–Kier alpha value is -1.68. The van der Waals surface area contributed by atoms with Crippen molar-refractivity contribution >= 4 is 17.4 Å². The van der Waals surface area contributed by atoms with Gasteiger partial charge in [0.2, 0.25) is 0 Å². The number of aromatic nitrogens is 2. The summed E-state index contributed by atoms with van der Waals surface area (Å²) in [6.45, 7) is 2.85. The van der Waals surface area contributed by atoms with E-state index in [0.717, 1.165) is 29.4 Å². The van der Waals surface area contributed by atoms with E-state index in [9.17, 15) is 4.39 Å². The molecule has 110 valence electrons. The maximum absolute atomic E-state index is 13.1. The van der Waals surface area contributed by atoms with Gasteiger partial charge in [0.25, 0.3) is 0 Å². The Labute approximate surface area is 128 Å². The van der Waals surface area contributed by atoms with E-state index in [-0.39, 0.29) is 5.82 Å². The van der Waals surface area contributed by atoms with Crippen LogP contribution in [0.3, 0.4) is 0 Å². The molecule has 1 aliphatic carbocycles. The molecular formula is C16H17ClFN3. The highest BCUT2D eigenvalue weighted by molar-refractivity contribution is 6.31. The van der Waals surface area contributed by atoms with Crippen molar-refractivity contribution in [3.05, 3.63) is 52.2 Å². The third kappa shape index (κ3) is 3.50. The Kier molecular flexibility index (Phi) is 4.06. The maximum Gasteiger partial charge on any atom is 0.135 e. The first-order chi connectivity index (χ1) is 10.2. The van der Waals surface area contributed by atoms with Crippen LogP contribution >= 0.6 is 11.6 Å². The zero-order valence-corrected chi connectivity index (χ0v) is 12.6. The van der Waals surface area contributed by atoms with Crippen LogP contribution in [-0.4, -0.2) is 16.5 Å². The first-order valence-corrected chi connectivity index (χ1v) is 7.59. The fourth-order valence-corrected chi connectivity index (χ4v) is 2.53. The quantitative estimate of drug-likeness (QED) is 0.901. The summed E-state index contributed by atoms with van der Waals surface area (Å²) in [4.78, 5) is 9.15. The number of nitrogens with one attached hydrogen (secondary N) is 1. The van der Waals surface area contributed by atoms with Gasteiger partial charge in [-0.05, 0) is 37.5 Å². The SMILES string of the molecule is CCNc1cc(C2CC2)nc(Cc2ccc(F)cc2Cl)n1. The monoisotopic (exact) mass is 305 g/mol. The van der Waals surface area contributed by atoms with E-state index in [2.05, 4.69) is 15.3 Å². The van der Waals surface area contributed by atoms with Gasteiger partial charge < -0.3 is 5.32 Å². The normalized spacial score (nSPS) is 14.2. The average molecular weight is 306 g/mol. The minimum Gasteiger partial charge on any atom is -0.370 e. The van der Waals surface area contributed by atoms with Crippen molar-refractivity contribution in [2.75, 3.05) is 11.9 Å². The lowest BCUT2D eigenvalue weighted by Gasteiger charge is -2.09. The molecule has 1 aromatic heterocycles. The van der Waals surface area contributed by atoms with E-state index in [4.69, 9.17) is 11.6 Å². The van der Waals surface area contributed by atoms with Crippen LogP contribution in [0, 0.1) is 5.82 Å². The predicted octanol–water partition coefficient (Wildman–Crippen LogP) is 4.17. The lowest BCUT2D eigenvalue weighted by molar-refractivity contribution is 0.627. The fraction of sp³-hybridized carbons (Fsp3) is 0.375. The van der Waals surface area contributed by atoms with E-state index < -0.39 is 0 Å². The highest BCUT2D eigenvalue weighted by Crippen LogP contribution is 2.39. The van der Waals surface area contributed by atoms with Crippen LogP contribution in [0.5, 0.6) is 0 Å². The summed E-state index contributed by atoms with van der Waals surface area (Å²) in [6.07, 6.45) is 2.90. The standard InChI is InChI=1S/C16H17ClFN3/c1-2-19-15-9-14(10-3-4-10)20-16(21-15)7-11-5-6-12(18)8-13(11)17/h5-6,8-10H,2-4,7H2,1H3,(H,19,20,21). The van der Waals surface area contributed by atoms with Crippen molar-refractivity contribution in [3.63, 3.8) is 0 Å². The first-order valence-electron chi connectivity index (χ1n) is 7.21.